The normalized spacial score (nSPS) is 22.6. The molecule has 2 aliphatic heterocycles. The minimum Gasteiger partial charge on any atom is -0.664 e. The minimum absolute atomic E-state index is 0. The van der Waals surface area contributed by atoms with Crippen molar-refractivity contribution < 1.29 is 23.9 Å². The number of esters is 2. The first kappa shape index (κ1) is 37.0. The standard InChI is InChI=1S/C40H43N4O5.Mg/c1-10-24-20(5)27-16-29-22(7)26(12-13-33(45)49-15-14-19(3)4)37(43-29)35-36(40(47)48-9)39(46)34-23(8)30(44-38(34)35)18-32-25(11-2)21(6)28(42-32)17-31(24)41-27;/h10,14,16-18,22,26,36H,1,11-13,15H2,2-9H3,(H-,43,44,46);/q-3;+2/p-1/b28-17+,29-16-,32-18-;/t22-,26-,36+;/m0./s1. The zero-order valence-corrected chi connectivity index (χ0v) is 31.6. The molecule has 10 heteroatoms. The number of hydrogen-bond donors (Lipinski definition) is 0. The number of nitrogens with zero attached hydrogens (tertiary/aromatic N) is 4. The Morgan fingerprint density at radius 3 is 2.32 bits per heavy atom. The van der Waals surface area contributed by atoms with Crippen LogP contribution in [0.3, 0.4) is 0 Å². The number of allylic oxidation sites excluding steroid dienone is 3. The van der Waals surface area contributed by atoms with Crippen molar-refractivity contribution >= 4 is 70.7 Å². The number of carbonyl (C=O) groups excluding carboxylic acids is 3. The summed E-state index contributed by atoms with van der Waals surface area (Å²) in [4.78, 5) is 55.5. The number of ether oxygens (including phenoxy) is 2. The molecule has 0 amide bonds. The van der Waals surface area contributed by atoms with E-state index in [1.807, 2.05) is 58.1 Å². The van der Waals surface area contributed by atoms with Crippen LogP contribution in [0, 0.1) is 38.5 Å². The van der Waals surface area contributed by atoms with E-state index in [0.717, 1.165) is 62.0 Å². The molecule has 1 aliphatic carbocycles. The SMILES string of the molecule is C=Cc1c2[n-]c(c1C)/C=C1\[N-]/C(=C3\c4[n-]c(c(C)c4C(=O)[C@@H]3C(=O)OC)/C=c3\[n-]/c(c(C)c3CC)=C/2)[C@@H](CCC(=O)OCC=C(C)C)[C@@H]1C.[Mg+2]. The number of aromatic nitrogens is 3. The maximum atomic E-state index is 14.2. The van der Waals surface area contributed by atoms with E-state index in [1.165, 1.54) is 7.11 Å². The number of Topliss-reactive ketones (excluding diaryl/α,β-unsaturated/α-hetero) is 1. The van der Waals surface area contributed by atoms with Gasteiger partial charge in [0, 0.05) is 12.0 Å². The fraction of sp³-hybridized carbons (Fsp3) is 0.375. The van der Waals surface area contributed by atoms with Gasteiger partial charge in [-0.2, -0.15) is 11.4 Å². The summed E-state index contributed by atoms with van der Waals surface area (Å²) in [6, 6.07) is 0. The molecule has 9 nitrogen and oxygen atoms in total. The van der Waals surface area contributed by atoms with Crippen LogP contribution in [0.4, 0.5) is 0 Å². The van der Waals surface area contributed by atoms with Gasteiger partial charge in [-0.25, -0.2) is 0 Å². The fourth-order valence-corrected chi connectivity index (χ4v) is 7.30. The second-order valence-electron chi connectivity index (χ2n) is 13.3. The second kappa shape index (κ2) is 14.5. The summed E-state index contributed by atoms with van der Waals surface area (Å²) in [5.41, 5.74) is 10.4. The maximum absolute atomic E-state index is 14.2. The molecule has 0 N–H and O–H groups in total. The molecular formula is C40H42MgN4O5-2. The number of hydrogen-bond acceptors (Lipinski definition) is 5. The fourth-order valence-electron chi connectivity index (χ4n) is 7.30. The molecule has 3 aliphatic rings. The van der Waals surface area contributed by atoms with Crippen molar-refractivity contribution in [3.8, 4) is 0 Å². The smallest absolute Gasteiger partial charge is 0.664 e. The summed E-state index contributed by atoms with van der Waals surface area (Å²) < 4.78 is 10.7. The van der Waals surface area contributed by atoms with Crippen molar-refractivity contribution in [2.45, 2.75) is 67.7 Å². The van der Waals surface area contributed by atoms with E-state index in [1.54, 1.807) is 0 Å². The molecule has 5 heterocycles. The Kier molecular flexibility index (Phi) is 10.7. The molecule has 0 spiro atoms. The molecule has 3 aromatic heterocycles. The van der Waals surface area contributed by atoms with E-state index < -0.39 is 11.9 Å². The van der Waals surface area contributed by atoms with Gasteiger partial charge in [0.05, 0.1) is 7.11 Å². The monoisotopic (exact) mass is 682 g/mol. The Balaban J connectivity index is 0.00000486. The Morgan fingerprint density at radius 1 is 0.960 bits per heavy atom. The molecule has 8 bridgehead atoms. The van der Waals surface area contributed by atoms with E-state index in [-0.39, 0.29) is 59.7 Å². The van der Waals surface area contributed by atoms with Gasteiger partial charge in [-0.15, -0.1) is 33.5 Å². The van der Waals surface area contributed by atoms with Crippen LogP contribution < -0.4 is 25.7 Å². The second-order valence-corrected chi connectivity index (χ2v) is 13.3. The quantitative estimate of drug-likeness (QED) is 0.142. The predicted octanol–water partition coefficient (Wildman–Crippen LogP) is 4.95. The molecule has 50 heavy (non-hydrogen) atoms. The largest absolute Gasteiger partial charge is 2.00 e. The van der Waals surface area contributed by atoms with Crippen LogP contribution in [0.5, 0.6) is 0 Å². The number of fused-ring (bicyclic) bond motifs is 7. The van der Waals surface area contributed by atoms with Crippen LogP contribution in [0.2, 0.25) is 0 Å². The van der Waals surface area contributed by atoms with E-state index in [9.17, 15) is 14.4 Å². The van der Waals surface area contributed by atoms with E-state index in [0.29, 0.717) is 40.2 Å². The van der Waals surface area contributed by atoms with Crippen molar-refractivity contribution in [2.24, 2.45) is 17.8 Å². The zero-order valence-electron chi connectivity index (χ0n) is 30.2. The number of ketones is 1. The van der Waals surface area contributed by atoms with E-state index >= 15 is 0 Å². The van der Waals surface area contributed by atoms with Crippen LogP contribution >= 0.6 is 0 Å². The van der Waals surface area contributed by atoms with Crippen molar-refractivity contribution in [1.82, 2.24) is 15.0 Å². The molecule has 1 fully saturated rings. The van der Waals surface area contributed by atoms with Gasteiger partial charge in [0.1, 0.15) is 12.5 Å². The third kappa shape index (κ3) is 6.28. The molecule has 1 saturated heterocycles. The van der Waals surface area contributed by atoms with Gasteiger partial charge in [0.25, 0.3) is 0 Å². The molecule has 0 saturated carbocycles. The predicted molar refractivity (Wildman–Crippen MR) is 195 cm³/mol. The molecular weight excluding hydrogens is 641 g/mol. The van der Waals surface area contributed by atoms with Crippen LogP contribution in [-0.4, -0.2) is 54.5 Å². The van der Waals surface area contributed by atoms with Gasteiger partial charge in [-0.1, -0.05) is 78.1 Å². The Bertz CT molecular complexity index is 2130. The summed E-state index contributed by atoms with van der Waals surface area (Å²) in [5.74, 6) is -3.05. The summed E-state index contributed by atoms with van der Waals surface area (Å²) in [5, 5.41) is 6.75. The number of carbonyl (C=O) groups is 3. The molecule has 0 radical (unpaired) electrons. The number of methoxy groups -OCH3 is 1. The Morgan fingerprint density at radius 2 is 1.66 bits per heavy atom. The molecule has 256 valence electrons. The molecule has 3 atom stereocenters. The van der Waals surface area contributed by atoms with Crippen molar-refractivity contribution in [2.75, 3.05) is 13.7 Å². The van der Waals surface area contributed by atoms with Gasteiger partial charge >= 0.3 is 35.0 Å². The van der Waals surface area contributed by atoms with Crippen molar-refractivity contribution in [3.63, 3.8) is 0 Å². The van der Waals surface area contributed by atoms with Crippen LogP contribution in [0.25, 0.3) is 35.2 Å². The Hall–Kier alpha value is -4.28. The van der Waals surface area contributed by atoms with Crippen LogP contribution in [0.15, 0.2) is 29.6 Å². The third-order valence-electron chi connectivity index (χ3n) is 10.1. The van der Waals surface area contributed by atoms with Crippen molar-refractivity contribution in [3.05, 3.63) is 102 Å². The first-order valence-electron chi connectivity index (χ1n) is 16.8. The summed E-state index contributed by atoms with van der Waals surface area (Å²) in [7, 11) is 1.28. The average molecular weight is 683 g/mol. The number of rotatable bonds is 8. The molecule has 0 unspecified atom stereocenters. The van der Waals surface area contributed by atoms with Gasteiger partial charge in [-0.3, -0.25) is 14.4 Å². The summed E-state index contributed by atoms with van der Waals surface area (Å²) in [6.07, 6.45) is 10.9. The van der Waals surface area contributed by atoms with Crippen LogP contribution in [0.1, 0.15) is 101 Å². The molecule has 3 aromatic rings. The summed E-state index contributed by atoms with van der Waals surface area (Å²) in [6.45, 7) is 18.2. The van der Waals surface area contributed by atoms with E-state index in [2.05, 4.69) is 27.4 Å². The summed E-state index contributed by atoms with van der Waals surface area (Å²) >= 11 is 0. The van der Waals surface area contributed by atoms with Crippen molar-refractivity contribution in [1.29, 1.82) is 0 Å². The average Bonchev–Trinajstić information content (AvgIpc) is 3.80. The van der Waals surface area contributed by atoms with Crippen LogP contribution in [-0.2, 0) is 25.5 Å². The maximum Gasteiger partial charge on any atom is 2.00 e. The topological polar surface area (TPSA) is 126 Å². The Labute approximate surface area is 309 Å². The molecule has 0 aromatic carbocycles. The van der Waals surface area contributed by atoms with Gasteiger partial charge < -0.3 is 29.7 Å². The third-order valence-corrected chi connectivity index (χ3v) is 10.1. The van der Waals surface area contributed by atoms with Gasteiger partial charge in [0.2, 0.25) is 0 Å². The zero-order chi connectivity index (χ0) is 35.3. The van der Waals surface area contributed by atoms with E-state index in [4.69, 9.17) is 29.7 Å². The van der Waals surface area contributed by atoms with Gasteiger partial charge in [0.15, 0.2) is 5.78 Å². The molecule has 6 rings (SSSR count). The first-order chi connectivity index (χ1) is 23.4. The first-order valence-corrected chi connectivity index (χ1v) is 16.8. The minimum atomic E-state index is -1.21. The van der Waals surface area contributed by atoms with Gasteiger partial charge in [-0.05, 0) is 70.9 Å².